The molecular weight excluding hydrogens is 254 g/mol. The third-order valence-electron chi connectivity index (χ3n) is 2.57. The summed E-state index contributed by atoms with van der Waals surface area (Å²) in [5.41, 5.74) is 6.47. The maximum Gasteiger partial charge on any atom is 0.165 e. The van der Waals surface area contributed by atoms with Gasteiger partial charge in [-0.3, -0.25) is 4.68 Å². The van der Waals surface area contributed by atoms with E-state index in [2.05, 4.69) is 12.0 Å². The van der Waals surface area contributed by atoms with E-state index in [1.165, 1.54) is 0 Å². The van der Waals surface area contributed by atoms with Gasteiger partial charge in [-0.1, -0.05) is 6.92 Å². The normalized spacial score (nSPS) is 10.8. The van der Waals surface area contributed by atoms with Crippen LogP contribution in [0.15, 0.2) is 30.6 Å². The average Bonchev–Trinajstić information content (AvgIpc) is 2.75. The molecule has 108 valence electrons. The Bertz CT molecular complexity index is 564. The van der Waals surface area contributed by atoms with Crippen molar-refractivity contribution in [3.8, 4) is 17.2 Å². The number of ether oxygens (including phenoxy) is 2. The fourth-order valence-electron chi connectivity index (χ4n) is 1.88. The Hall–Kier alpha value is -2.17. The van der Waals surface area contributed by atoms with E-state index in [1.807, 2.05) is 30.8 Å². The number of hydrogen-bond donors (Lipinski definition) is 1. The molecule has 0 fully saturated rings. The molecule has 0 bridgehead atoms. The zero-order valence-corrected chi connectivity index (χ0v) is 12.2. The van der Waals surface area contributed by atoms with Gasteiger partial charge >= 0.3 is 0 Å². The standard InChI is InChI=1S/C15H21N3O2/c1-4-5-18-10-15(9-17-18)20-14-7-12(16)6-13(8-14)19-11(2)3/h6-11H,4-5,16H2,1-3H3. The third-order valence-corrected chi connectivity index (χ3v) is 2.57. The summed E-state index contributed by atoms with van der Waals surface area (Å²) in [4.78, 5) is 0. The van der Waals surface area contributed by atoms with Crippen LogP contribution in [-0.2, 0) is 6.54 Å². The number of nitrogens with zero attached hydrogens (tertiary/aromatic N) is 2. The Kier molecular flexibility index (Phi) is 4.50. The Balaban J connectivity index is 2.13. The SMILES string of the molecule is CCCn1cc(Oc2cc(N)cc(OC(C)C)c2)cn1. The first-order chi connectivity index (χ1) is 9.56. The molecule has 2 N–H and O–H groups in total. The van der Waals surface area contributed by atoms with Gasteiger partial charge < -0.3 is 15.2 Å². The summed E-state index contributed by atoms with van der Waals surface area (Å²) < 4.78 is 13.3. The van der Waals surface area contributed by atoms with Crippen LogP contribution in [0.5, 0.6) is 17.2 Å². The first-order valence-electron chi connectivity index (χ1n) is 6.84. The molecule has 0 spiro atoms. The highest BCUT2D eigenvalue weighted by molar-refractivity contribution is 5.51. The van der Waals surface area contributed by atoms with Crippen molar-refractivity contribution in [1.82, 2.24) is 9.78 Å². The fraction of sp³-hybridized carbons (Fsp3) is 0.400. The number of aryl methyl sites for hydroxylation is 1. The Morgan fingerprint density at radius 3 is 2.65 bits per heavy atom. The van der Waals surface area contributed by atoms with Gasteiger partial charge in [-0.25, -0.2) is 0 Å². The molecule has 0 aliphatic heterocycles. The molecule has 2 aromatic rings. The van der Waals surface area contributed by atoms with Gasteiger partial charge in [0.05, 0.1) is 18.5 Å². The summed E-state index contributed by atoms with van der Waals surface area (Å²) in [5, 5.41) is 4.22. The minimum Gasteiger partial charge on any atom is -0.491 e. The number of rotatable bonds is 6. The highest BCUT2D eigenvalue weighted by Gasteiger charge is 2.06. The van der Waals surface area contributed by atoms with Crippen LogP contribution in [0.4, 0.5) is 5.69 Å². The minimum absolute atomic E-state index is 0.0944. The second-order valence-electron chi connectivity index (χ2n) is 4.95. The number of nitrogens with two attached hydrogens (primary N) is 1. The number of aromatic nitrogens is 2. The van der Waals surface area contributed by atoms with Crippen molar-refractivity contribution in [3.63, 3.8) is 0 Å². The van der Waals surface area contributed by atoms with Gasteiger partial charge in [0.25, 0.3) is 0 Å². The van der Waals surface area contributed by atoms with Gasteiger partial charge in [0.1, 0.15) is 11.5 Å². The summed E-state index contributed by atoms with van der Waals surface area (Å²) in [5.74, 6) is 2.05. The summed E-state index contributed by atoms with van der Waals surface area (Å²) in [7, 11) is 0. The van der Waals surface area contributed by atoms with Crippen LogP contribution in [0.2, 0.25) is 0 Å². The Labute approximate surface area is 119 Å². The van der Waals surface area contributed by atoms with Crippen LogP contribution in [0.1, 0.15) is 27.2 Å². The van der Waals surface area contributed by atoms with Crippen LogP contribution in [0.3, 0.4) is 0 Å². The van der Waals surface area contributed by atoms with Crippen molar-refractivity contribution >= 4 is 5.69 Å². The largest absolute Gasteiger partial charge is 0.491 e. The van der Waals surface area contributed by atoms with E-state index in [-0.39, 0.29) is 6.10 Å². The molecule has 20 heavy (non-hydrogen) atoms. The monoisotopic (exact) mass is 275 g/mol. The Morgan fingerprint density at radius 2 is 1.95 bits per heavy atom. The van der Waals surface area contributed by atoms with E-state index >= 15 is 0 Å². The number of hydrogen-bond acceptors (Lipinski definition) is 4. The molecule has 5 heteroatoms. The molecule has 5 nitrogen and oxygen atoms in total. The van der Waals surface area contributed by atoms with E-state index in [0.29, 0.717) is 22.9 Å². The molecule has 0 aliphatic carbocycles. The molecule has 1 aromatic heterocycles. The quantitative estimate of drug-likeness (QED) is 0.820. The summed E-state index contributed by atoms with van der Waals surface area (Å²) >= 11 is 0. The second kappa shape index (κ2) is 6.32. The first-order valence-corrected chi connectivity index (χ1v) is 6.84. The maximum atomic E-state index is 5.86. The van der Waals surface area contributed by atoms with Gasteiger partial charge in [0, 0.05) is 30.4 Å². The van der Waals surface area contributed by atoms with Gasteiger partial charge in [-0.05, 0) is 20.3 Å². The molecule has 0 unspecified atom stereocenters. The first kappa shape index (κ1) is 14.2. The molecule has 1 heterocycles. The smallest absolute Gasteiger partial charge is 0.165 e. The van der Waals surface area contributed by atoms with Crippen molar-refractivity contribution in [1.29, 1.82) is 0 Å². The summed E-state index contributed by atoms with van der Waals surface area (Å²) in [6, 6.07) is 5.38. The van der Waals surface area contributed by atoms with Gasteiger partial charge in [-0.2, -0.15) is 5.10 Å². The predicted molar refractivity (Wildman–Crippen MR) is 79.2 cm³/mol. The molecule has 0 atom stereocenters. The van der Waals surface area contributed by atoms with E-state index in [4.69, 9.17) is 15.2 Å². The van der Waals surface area contributed by atoms with Crippen molar-refractivity contribution < 1.29 is 9.47 Å². The van der Waals surface area contributed by atoms with Crippen LogP contribution in [0, 0.1) is 0 Å². The third kappa shape index (κ3) is 3.91. The predicted octanol–water partition coefficient (Wildman–Crippen LogP) is 3.45. The van der Waals surface area contributed by atoms with E-state index < -0.39 is 0 Å². The van der Waals surface area contributed by atoms with E-state index in [0.717, 1.165) is 13.0 Å². The highest BCUT2D eigenvalue weighted by Crippen LogP contribution is 2.28. The van der Waals surface area contributed by atoms with Crippen molar-refractivity contribution in [2.45, 2.75) is 39.8 Å². The maximum absolute atomic E-state index is 5.86. The second-order valence-corrected chi connectivity index (χ2v) is 4.95. The zero-order chi connectivity index (χ0) is 14.5. The highest BCUT2D eigenvalue weighted by atomic mass is 16.5. The lowest BCUT2D eigenvalue weighted by Gasteiger charge is -2.12. The zero-order valence-electron chi connectivity index (χ0n) is 12.2. The van der Waals surface area contributed by atoms with E-state index in [1.54, 1.807) is 18.3 Å². The fourth-order valence-corrected chi connectivity index (χ4v) is 1.88. The van der Waals surface area contributed by atoms with Gasteiger partial charge in [0.2, 0.25) is 0 Å². The number of nitrogen functional groups attached to an aromatic ring is 1. The number of anilines is 1. The van der Waals surface area contributed by atoms with Crippen LogP contribution >= 0.6 is 0 Å². The molecule has 0 radical (unpaired) electrons. The van der Waals surface area contributed by atoms with Crippen LogP contribution < -0.4 is 15.2 Å². The van der Waals surface area contributed by atoms with Crippen molar-refractivity contribution in [2.24, 2.45) is 0 Å². The summed E-state index contributed by atoms with van der Waals surface area (Å²) in [6.07, 6.45) is 4.69. The lowest BCUT2D eigenvalue weighted by Crippen LogP contribution is -2.05. The molecule has 2 rings (SSSR count). The van der Waals surface area contributed by atoms with Gasteiger partial charge in [-0.15, -0.1) is 0 Å². The molecule has 0 aliphatic rings. The minimum atomic E-state index is 0.0944. The molecule has 0 saturated heterocycles. The molecule has 0 amide bonds. The van der Waals surface area contributed by atoms with Gasteiger partial charge in [0.15, 0.2) is 5.75 Å². The van der Waals surface area contributed by atoms with E-state index in [9.17, 15) is 0 Å². The number of benzene rings is 1. The lowest BCUT2D eigenvalue weighted by atomic mass is 10.3. The Morgan fingerprint density at radius 1 is 1.20 bits per heavy atom. The van der Waals surface area contributed by atoms with Crippen molar-refractivity contribution in [2.75, 3.05) is 5.73 Å². The average molecular weight is 275 g/mol. The van der Waals surface area contributed by atoms with Crippen LogP contribution in [-0.4, -0.2) is 15.9 Å². The molecule has 0 saturated carbocycles. The summed E-state index contributed by atoms with van der Waals surface area (Å²) in [6.45, 7) is 6.93. The molecule has 1 aromatic carbocycles. The topological polar surface area (TPSA) is 62.3 Å². The molecular formula is C15H21N3O2. The van der Waals surface area contributed by atoms with Crippen LogP contribution in [0.25, 0.3) is 0 Å². The van der Waals surface area contributed by atoms with Crippen molar-refractivity contribution in [3.05, 3.63) is 30.6 Å². The lowest BCUT2D eigenvalue weighted by molar-refractivity contribution is 0.242.